The fourth-order valence-corrected chi connectivity index (χ4v) is 3.41. The van der Waals surface area contributed by atoms with E-state index >= 15 is 0 Å². The van der Waals surface area contributed by atoms with E-state index < -0.39 is 0 Å². The molecule has 2 fully saturated rings. The highest BCUT2D eigenvalue weighted by Gasteiger charge is 2.40. The molecule has 3 nitrogen and oxygen atoms in total. The third kappa shape index (κ3) is 3.06. The zero-order valence-electron chi connectivity index (χ0n) is 12.8. The summed E-state index contributed by atoms with van der Waals surface area (Å²) in [4.78, 5) is 5.27. The van der Waals surface area contributed by atoms with Crippen molar-refractivity contribution in [3.8, 4) is 0 Å². The second-order valence-corrected chi connectivity index (χ2v) is 7.42. The van der Waals surface area contributed by atoms with Crippen molar-refractivity contribution in [3.05, 3.63) is 0 Å². The first-order valence-electron chi connectivity index (χ1n) is 7.40. The summed E-state index contributed by atoms with van der Waals surface area (Å²) in [5.74, 6) is 0. The first-order valence-corrected chi connectivity index (χ1v) is 7.40. The van der Waals surface area contributed by atoms with E-state index in [0.29, 0.717) is 11.1 Å². The molecule has 2 heterocycles. The fraction of sp³-hybridized carbons (Fsp3) is 1.00. The van der Waals surface area contributed by atoms with E-state index in [9.17, 15) is 0 Å². The van der Waals surface area contributed by atoms with Crippen LogP contribution in [0, 0.1) is 0 Å². The minimum atomic E-state index is 0.304. The van der Waals surface area contributed by atoms with E-state index in [0.717, 1.165) is 32.3 Å². The quantitative estimate of drug-likeness (QED) is 0.769. The molecule has 0 aliphatic carbocycles. The lowest BCUT2D eigenvalue weighted by Gasteiger charge is -2.53. The van der Waals surface area contributed by atoms with Gasteiger partial charge in [0.15, 0.2) is 0 Å². The molecule has 2 aliphatic heterocycles. The maximum absolute atomic E-state index is 5.46. The Hall–Kier alpha value is -0.120. The molecule has 106 valence electrons. The molecule has 0 saturated carbocycles. The van der Waals surface area contributed by atoms with Gasteiger partial charge in [-0.1, -0.05) is 0 Å². The molecule has 18 heavy (non-hydrogen) atoms. The monoisotopic (exact) mass is 254 g/mol. The SMILES string of the molecule is CC(C)(C)N1CCC1CC(C)(C)N1CCOCC1. The highest BCUT2D eigenvalue weighted by Crippen LogP contribution is 2.34. The Morgan fingerprint density at radius 1 is 1.00 bits per heavy atom. The van der Waals surface area contributed by atoms with Crippen LogP contribution >= 0.6 is 0 Å². The van der Waals surface area contributed by atoms with Gasteiger partial charge in [-0.3, -0.25) is 9.80 Å². The number of nitrogens with zero attached hydrogens (tertiary/aromatic N) is 2. The average Bonchev–Trinajstić information content (AvgIpc) is 2.23. The van der Waals surface area contributed by atoms with Crippen molar-refractivity contribution in [1.29, 1.82) is 0 Å². The van der Waals surface area contributed by atoms with Gasteiger partial charge in [-0.2, -0.15) is 0 Å². The minimum absolute atomic E-state index is 0.304. The van der Waals surface area contributed by atoms with E-state index in [4.69, 9.17) is 4.74 Å². The van der Waals surface area contributed by atoms with Crippen LogP contribution in [-0.2, 0) is 4.74 Å². The van der Waals surface area contributed by atoms with Crippen LogP contribution in [0.4, 0.5) is 0 Å². The zero-order chi connectivity index (χ0) is 13.4. The van der Waals surface area contributed by atoms with Crippen LogP contribution in [0.3, 0.4) is 0 Å². The summed E-state index contributed by atoms with van der Waals surface area (Å²) in [5.41, 5.74) is 0.627. The van der Waals surface area contributed by atoms with Crippen molar-refractivity contribution in [2.24, 2.45) is 0 Å². The first-order chi connectivity index (χ1) is 8.31. The highest BCUT2D eigenvalue weighted by atomic mass is 16.5. The second kappa shape index (κ2) is 5.10. The molecular formula is C15H30N2O. The Bertz CT molecular complexity index is 277. The van der Waals surface area contributed by atoms with Crippen molar-refractivity contribution >= 4 is 0 Å². The van der Waals surface area contributed by atoms with Crippen LogP contribution in [0.1, 0.15) is 47.5 Å². The van der Waals surface area contributed by atoms with Gasteiger partial charge in [0.05, 0.1) is 13.2 Å². The lowest BCUT2D eigenvalue weighted by Crippen LogP contribution is -2.61. The van der Waals surface area contributed by atoms with Crippen molar-refractivity contribution in [2.45, 2.75) is 64.6 Å². The molecule has 3 heteroatoms. The maximum atomic E-state index is 5.46. The molecule has 1 atom stereocenters. The van der Waals surface area contributed by atoms with E-state index in [1.165, 1.54) is 19.4 Å². The van der Waals surface area contributed by atoms with Gasteiger partial charge in [-0.25, -0.2) is 0 Å². The third-order valence-electron chi connectivity index (χ3n) is 4.61. The number of hydrogen-bond acceptors (Lipinski definition) is 3. The molecule has 2 saturated heterocycles. The van der Waals surface area contributed by atoms with E-state index in [1.54, 1.807) is 0 Å². The molecule has 0 radical (unpaired) electrons. The topological polar surface area (TPSA) is 15.7 Å². The Morgan fingerprint density at radius 3 is 2.06 bits per heavy atom. The minimum Gasteiger partial charge on any atom is -0.379 e. The predicted octanol–water partition coefficient (Wildman–Crippen LogP) is 2.36. The van der Waals surface area contributed by atoms with Gasteiger partial charge >= 0.3 is 0 Å². The Labute approximate surface area is 112 Å². The summed E-state index contributed by atoms with van der Waals surface area (Å²) in [6.45, 7) is 17.1. The molecule has 0 aromatic carbocycles. The molecule has 0 N–H and O–H groups in total. The lowest BCUT2D eigenvalue weighted by atomic mass is 9.83. The third-order valence-corrected chi connectivity index (χ3v) is 4.61. The zero-order valence-corrected chi connectivity index (χ0v) is 12.8. The molecular weight excluding hydrogens is 224 g/mol. The van der Waals surface area contributed by atoms with Gasteiger partial charge in [-0.05, 0) is 47.5 Å². The van der Waals surface area contributed by atoms with Crippen LogP contribution in [-0.4, -0.2) is 59.8 Å². The summed E-state index contributed by atoms with van der Waals surface area (Å²) in [6.07, 6.45) is 2.65. The Kier molecular flexibility index (Phi) is 4.05. The highest BCUT2D eigenvalue weighted by molar-refractivity contribution is 4.97. The van der Waals surface area contributed by atoms with Gasteiger partial charge in [0.25, 0.3) is 0 Å². The Morgan fingerprint density at radius 2 is 1.61 bits per heavy atom. The van der Waals surface area contributed by atoms with Crippen LogP contribution in [0.15, 0.2) is 0 Å². The molecule has 0 aromatic rings. The van der Waals surface area contributed by atoms with Gasteiger partial charge in [0, 0.05) is 36.8 Å². The summed E-state index contributed by atoms with van der Waals surface area (Å²) < 4.78 is 5.46. The normalized spacial score (nSPS) is 28.2. The summed E-state index contributed by atoms with van der Waals surface area (Å²) in [5, 5.41) is 0. The number of hydrogen-bond donors (Lipinski definition) is 0. The van der Waals surface area contributed by atoms with Crippen molar-refractivity contribution in [1.82, 2.24) is 9.80 Å². The van der Waals surface area contributed by atoms with Crippen LogP contribution in [0.25, 0.3) is 0 Å². The van der Waals surface area contributed by atoms with E-state index in [1.807, 2.05) is 0 Å². The fourth-order valence-electron chi connectivity index (χ4n) is 3.41. The van der Waals surface area contributed by atoms with Crippen molar-refractivity contribution in [2.75, 3.05) is 32.8 Å². The van der Waals surface area contributed by atoms with Crippen molar-refractivity contribution in [3.63, 3.8) is 0 Å². The molecule has 0 aromatic heterocycles. The van der Waals surface area contributed by atoms with Gasteiger partial charge in [0.2, 0.25) is 0 Å². The van der Waals surface area contributed by atoms with E-state index in [-0.39, 0.29) is 0 Å². The standard InChI is InChI=1S/C15H30N2O/c1-14(2,3)17-7-6-13(17)12-15(4,5)16-8-10-18-11-9-16/h13H,6-12H2,1-5H3. The summed E-state index contributed by atoms with van der Waals surface area (Å²) in [7, 11) is 0. The summed E-state index contributed by atoms with van der Waals surface area (Å²) >= 11 is 0. The average molecular weight is 254 g/mol. The molecule has 0 spiro atoms. The molecule has 1 unspecified atom stereocenters. The maximum Gasteiger partial charge on any atom is 0.0594 e. The van der Waals surface area contributed by atoms with Crippen LogP contribution < -0.4 is 0 Å². The first kappa shape index (κ1) is 14.3. The molecule has 0 bridgehead atoms. The number of likely N-dealkylation sites (tertiary alicyclic amines) is 1. The Balaban J connectivity index is 1.91. The molecule has 0 amide bonds. The van der Waals surface area contributed by atoms with Gasteiger partial charge in [0.1, 0.15) is 0 Å². The number of rotatable bonds is 3. The predicted molar refractivity (Wildman–Crippen MR) is 76.0 cm³/mol. The van der Waals surface area contributed by atoms with E-state index in [2.05, 4.69) is 44.4 Å². The molecule has 2 aliphatic rings. The van der Waals surface area contributed by atoms with Gasteiger partial charge < -0.3 is 4.74 Å². The number of ether oxygens (including phenoxy) is 1. The van der Waals surface area contributed by atoms with Crippen LogP contribution in [0.5, 0.6) is 0 Å². The van der Waals surface area contributed by atoms with Crippen molar-refractivity contribution < 1.29 is 4.74 Å². The summed E-state index contributed by atoms with van der Waals surface area (Å²) in [6, 6.07) is 0.767. The lowest BCUT2D eigenvalue weighted by molar-refractivity contribution is -0.0553. The smallest absolute Gasteiger partial charge is 0.0594 e. The second-order valence-electron chi connectivity index (χ2n) is 7.42. The largest absolute Gasteiger partial charge is 0.379 e. The van der Waals surface area contributed by atoms with Gasteiger partial charge in [-0.15, -0.1) is 0 Å². The number of morpholine rings is 1. The van der Waals surface area contributed by atoms with Crippen LogP contribution in [0.2, 0.25) is 0 Å². The molecule has 2 rings (SSSR count).